The molecular formula is C29H42N2O4S. The number of fused-ring (bicyclic) bond motifs is 1. The lowest BCUT2D eigenvalue weighted by molar-refractivity contribution is 0.234. The Morgan fingerprint density at radius 2 is 1.61 bits per heavy atom. The Kier molecular flexibility index (Phi) is 9.47. The zero-order valence-corrected chi connectivity index (χ0v) is 23.7. The number of hydrogen-bond donors (Lipinski definition) is 0. The molecule has 0 N–H and O–H groups in total. The number of ether oxygens (including phenoxy) is 2. The van der Waals surface area contributed by atoms with Gasteiger partial charge in [-0.15, -0.1) is 0 Å². The van der Waals surface area contributed by atoms with E-state index in [4.69, 9.17) is 9.47 Å². The fraction of sp³-hybridized carbons (Fsp3) is 0.517. The number of aromatic nitrogens is 1. The maximum Gasteiger partial charge on any atom is 0.209 e. The van der Waals surface area contributed by atoms with Crippen molar-refractivity contribution < 1.29 is 17.9 Å². The molecule has 7 heteroatoms. The van der Waals surface area contributed by atoms with Crippen molar-refractivity contribution >= 4 is 15.4 Å². The Bertz CT molecular complexity index is 1250. The van der Waals surface area contributed by atoms with E-state index in [1.807, 2.05) is 44.5 Å². The minimum Gasteiger partial charge on any atom is -0.496 e. The van der Waals surface area contributed by atoms with Gasteiger partial charge in [0.15, 0.2) is 0 Å². The molecule has 1 aromatic carbocycles. The molecule has 6 nitrogen and oxygen atoms in total. The predicted octanol–water partition coefficient (Wildman–Crippen LogP) is 6.41. The van der Waals surface area contributed by atoms with Crippen LogP contribution in [0.4, 0.5) is 0 Å². The summed E-state index contributed by atoms with van der Waals surface area (Å²) in [6, 6.07) is 6.82. The van der Waals surface area contributed by atoms with E-state index in [0.29, 0.717) is 28.5 Å². The van der Waals surface area contributed by atoms with E-state index in [9.17, 15) is 8.42 Å². The third kappa shape index (κ3) is 5.89. The molecule has 0 aliphatic rings. The number of benzene rings is 1. The predicted molar refractivity (Wildman–Crippen MR) is 147 cm³/mol. The highest BCUT2D eigenvalue weighted by Crippen LogP contribution is 2.39. The summed E-state index contributed by atoms with van der Waals surface area (Å²) in [7, 11) is -2.14. The van der Waals surface area contributed by atoms with Crippen LogP contribution in [0.2, 0.25) is 0 Å². The van der Waals surface area contributed by atoms with Crippen molar-refractivity contribution in [1.29, 1.82) is 0 Å². The first-order chi connectivity index (χ1) is 17.1. The molecule has 0 aliphatic heterocycles. The van der Waals surface area contributed by atoms with Gasteiger partial charge in [0.25, 0.3) is 0 Å². The standard InChI is InChI=1S/C29H42N2O4S/c1-8-15-30(16-9-2)17-10-18-35-24-11-13-25(14-12-24)36(32,33)29-26(21(3)4)20-31-19-22(5)28(34-7)23(6)27(29)31/h11-14,19-21H,8-10,15-18H2,1-7H3. The van der Waals surface area contributed by atoms with Gasteiger partial charge in [0.2, 0.25) is 9.84 Å². The van der Waals surface area contributed by atoms with Gasteiger partial charge < -0.3 is 18.8 Å². The van der Waals surface area contributed by atoms with Gasteiger partial charge in [-0.25, -0.2) is 8.42 Å². The monoisotopic (exact) mass is 514 g/mol. The largest absolute Gasteiger partial charge is 0.496 e. The van der Waals surface area contributed by atoms with Crippen LogP contribution in [0.3, 0.4) is 0 Å². The zero-order chi connectivity index (χ0) is 26.5. The van der Waals surface area contributed by atoms with E-state index in [1.54, 1.807) is 31.4 Å². The van der Waals surface area contributed by atoms with Crippen molar-refractivity contribution in [3.05, 3.63) is 53.3 Å². The molecule has 3 rings (SSSR count). The summed E-state index contributed by atoms with van der Waals surface area (Å²) in [5.41, 5.74) is 3.26. The van der Waals surface area contributed by atoms with E-state index in [0.717, 1.165) is 55.6 Å². The molecule has 36 heavy (non-hydrogen) atoms. The van der Waals surface area contributed by atoms with Crippen LogP contribution >= 0.6 is 0 Å². The van der Waals surface area contributed by atoms with Gasteiger partial charge in [-0.2, -0.15) is 0 Å². The number of pyridine rings is 1. The number of nitrogens with zero attached hydrogens (tertiary/aromatic N) is 2. The van der Waals surface area contributed by atoms with Gasteiger partial charge >= 0.3 is 0 Å². The molecule has 0 atom stereocenters. The third-order valence-electron chi connectivity index (χ3n) is 6.60. The van der Waals surface area contributed by atoms with Crippen molar-refractivity contribution in [2.45, 2.75) is 76.5 Å². The smallest absolute Gasteiger partial charge is 0.209 e. The number of rotatable bonds is 13. The van der Waals surface area contributed by atoms with Crippen molar-refractivity contribution in [2.75, 3.05) is 33.4 Å². The van der Waals surface area contributed by atoms with Crippen LogP contribution in [0, 0.1) is 13.8 Å². The second-order valence-corrected chi connectivity index (χ2v) is 11.7. The summed E-state index contributed by atoms with van der Waals surface area (Å²) in [4.78, 5) is 3.08. The highest BCUT2D eigenvalue weighted by molar-refractivity contribution is 7.91. The number of aryl methyl sites for hydroxylation is 2. The van der Waals surface area contributed by atoms with Crippen LogP contribution in [-0.4, -0.2) is 51.1 Å². The second-order valence-electron chi connectivity index (χ2n) is 9.81. The van der Waals surface area contributed by atoms with E-state index < -0.39 is 9.84 Å². The van der Waals surface area contributed by atoms with Crippen LogP contribution in [0.5, 0.6) is 11.5 Å². The average Bonchev–Trinajstić information content (AvgIpc) is 3.23. The molecule has 0 bridgehead atoms. The Hall–Kier alpha value is -2.51. The van der Waals surface area contributed by atoms with Gasteiger partial charge in [-0.1, -0.05) is 27.7 Å². The summed E-state index contributed by atoms with van der Waals surface area (Å²) < 4.78 is 41.3. The summed E-state index contributed by atoms with van der Waals surface area (Å²) >= 11 is 0. The molecule has 0 saturated carbocycles. The highest BCUT2D eigenvalue weighted by atomic mass is 32.2. The molecular weight excluding hydrogens is 472 g/mol. The first kappa shape index (κ1) is 28.1. The summed E-state index contributed by atoms with van der Waals surface area (Å²) in [5, 5.41) is 0. The number of methoxy groups -OCH3 is 1. The molecule has 0 radical (unpaired) electrons. The van der Waals surface area contributed by atoms with E-state index in [2.05, 4.69) is 18.7 Å². The number of sulfone groups is 1. The Labute approximate surface area is 217 Å². The highest BCUT2D eigenvalue weighted by Gasteiger charge is 2.29. The Morgan fingerprint density at radius 3 is 2.17 bits per heavy atom. The van der Waals surface area contributed by atoms with Crippen molar-refractivity contribution in [3.8, 4) is 11.5 Å². The average molecular weight is 515 g/mol. The van der Waals surface area contributed by atoms with Gasteiger partial charge in [0.05, 0.1) is 24.1 Å². The Morgan fingerprint density at radius 1 is 0.972 bits per heavy atom. The first-order valence-electron chi connectivity index (χ1n) is 13.0. The van der Waals surface area contributed by atoms with Crippen LogP contribution < -0.4 is 9.47 Å². The minimum absolute atomic E-state index is 0.0444. The first-order valence-corrected chi connectivity index (χ1v) is 14.5. The maximum atomic E-state index is 13.9. The van der Waals surface area contributed by atoms with Crippen molar-refractivity contribution in [2.24, 2.45) is 0 Å². The molecule has 2 aromatic heterocycles. The second kappa shape index (κ2) is 12.2. The molecule has 3 aromatic rings. The quantitative estimate of drug-likeness (QED) is 0.247. The van der Waals surface area contributed by atoms with Gasteiger partial charge in [0, 0.05) is 30.1 Å². The van der Waals surface area contributed by atoms with Crippen LogP contribution in [0.15, 0.2) is 46.5 Å². The topological polar surface area (TPSA) is 60.2 Å². The van der Waals surface area contributed by atoms with Gasteiger partial charge in [-0.05, 0) is 81.9 Å². The lowest BCUT2D eigenvalue weighted by Gasteiger charge is -2.20. The molecule has 0 spiro atoms. The number of hydrogen-bond acceptors (Lipinski definition) is 5. The van der Waals surface area contributed by atoms with E-state index in [-0.39, 0.29) is 10.8 Å². The van der Waals surface area contributed by atoms with Crippen molar-refractivity contribution in [1.82, 2.24) is 9.30 Å². The fourth-order valence-electron chi connectivity index (χ4n) is 4.95. The summed E-state index contributed by atoms with van der Waals surface area (Å²) in [6.45, 7) is 16.2. The fourth-order valence-corrected chi connectivity index (χ4v) is 6.79. The van der Waals surface area contributed by atoms with Crippen molar-refractivity contribution in [3.63, 3.8) is 0 Å². The molecule has 0 fully saturated rings. The molecule has 0 amide bonds. The minimum atomic E-state index is -3.76. The molecule has 2 heterocycles. The van der Waals surface area contributed by atoms with Gasteiger partial charge in [-0.3, -0.25) is 0 Å². The molecule has 198 valence electrons. The van der Waals surface area contributed by atoms with E-state index >= 15 is 0 Å². The van der Waals surface area contributed by atoms with E-state index in [1.165, 1.54) is 0 Å². The van der Waals surface area contributed by atoms with Crippen LogP contribution in [0.1, 0.15) is 69.6 Å². The normalized spacial score (nSPS) is 12.1. The Balaban J connectivity index is 1.86. The lowest BCUT2D eigenvalue weighted by Crippen LogP contribution is -2.27. The zero-order valence-electron chi connectivity index (χ0n) is 22.9. The molecule has 0 saturated heterocycles. The maximum absolute atomic E-state index is 13.9. The van der Waals surface area contributed by atoms with Crippen LogP contribution in [-0.2, 0) is 9.84 Å². The summed E-state index contributed by atoms with van der Waals surface area (Å²) in [5.74, 6) is 1.45. The molecule has 0 aliphatic carbocycles. The lowest BCUT2D eigenvalue weighted by atomic mass is 10.1. The molecule has 0 unspecified atom stereocenters. The van der Waals surface area contributed by atoms with Crippen LogP contribution in [0.25, 0.3) is 5.52 Å². The SMILES string of the molecule is CCCN(CCC)CCCOc1ccc(S(=O)(=O)c2c(C(C)C)cn3cc(C)c(OC)c(C)c23)cc1. The summed E-state index contributed by atoms with van der Waals surface area (Å²) in [6.07, 6.45) is 7.11. The third-order valence-corrected chi connectivity index (χ3v) is 8.46. The van der Waals surface area contributed by atoms with Gasteiger partial charge in [0.1, 0.15) is 16.4 Å².